The van der Waals surface area contributed by atoms with Gasteiger partial charge in [-0.15, -0.1) is 0 Å². The number of nitriles is 1. The maximum Gasteiger partial charge on any atom is 0.234 e. The van der Waals surface area contributed by atoms with E-state index in [1.807, 2.05) is 37.3 Å². The fraction of sp³-hybridized carbons (Fsp3) is 0.429. The van der Waals surface area contributed by atoms with Gasteiger partial charge in [0.1, 0.15) is 5.75 Å². The van der Waals surface area contributed by atoms with Gasteiger partial charge in [-0.3, -0.25) is 9.00 Å². The van der Waals surface area contributed by atoms with Crippen molar-refractivity contribution >= 4 is 16.7 Å². The second kappa shape index (κ2) is 7.70. The van der Waals surface area contributed by atoms with Gasteiger partial charge in [-0.05, 0) is 18.1 Å². The van der Waals surface area contributed by atoms with E-state index >= 15 is 0 Å². The molecule has 4 nitrogen and oxygen atoms in total. The van der Waals surface area contributed by atoms with Crippen LogP contribution >= 0.6 is 0 Å². The quantitative estimate of drug-likeness (QED) is 0.794. The number of carbonyl (C=O) groups is 1. The minimum Gasteiger partial charge on any atom is -0.344 e. The van der Waals surface area contributed by atoms with Crippen LogP contribution in [-0.4, -0.2) is 34.4 Å². The molecule has 0 aromatic heterocycles. The van der Waals surface area contributed by atoms with E-state index in [1.165, 1.54) is 4.90 Å². The molecule has 1 rings (SSSR count). The third kappa shape index (κ3) is 5.23. The Labute approximate surface area is 116 Å². The zero-order chi connectivity index (χ0) is 14.3. The van der Waals surface area contributed by atoms with Gasteiger partial charge in [-0.2, -0.15) is 5.26 Å². The highest BCUT2D eigenvalue weighted by Gasteiger charge is 2.13. The van der Waals surface area contributed by atoms with Crippen LogP contribution < -0.4 is 0 Å². The van der Waals surface area contributed by atoms with Crippen LogP contribution in [0.25, 0.3) is 0 Å². The van der Waals surface area contributed by atoms with Gasteiger partial charge in [-0.1, -0.05) is 24.3 Å². The van der Waals surface area contributed by atoms with Crippen molar-refractivity contribution in [1.82, 2.24) is 4.90 Å². The average Bonchev–Trinajstić information content (AvgIpc) is 2.38. The van der Waals surface area contributed by atoms with E-state index in [0.717, 1.165) is 11.1 Å². The first-order valence-corrected chi connectivity index (χ1v) is 7.53. The smallest absolute Gasteiger partial charge is 0.234 e. The van der Waals surface area contributed by atoms with E-state index in [9.17, 15) is 9.00 Å². The molecule has 1 unspecified atom stereocenters. The molecule has 0 heterocycles. The molecule has 0 aliphatic rings. The van der Waals surface area contributed by atoms with Crippen LogP contribution in [0, 0.1) is 18.3 Å². The summed E-state index contributed by atoms with van der Waals surface area (Å²) >= 11 is 0. The molecule has 19 heavy (non-hydrogen) atoms. The lowest BCUT2D eigenvalue weighted by Gasteiger charge is -2.15. The molecule has 102 valence electrons. The summed E-state index contributed by atoms with van der Waals surface area (Å²) in [7, 11) is 0.418. The summed E-state index contributed by atoms with van der Waals surface area (Å²) in [5.74, 6) is 0.225. The number of nitrogens with zero attached hydrogens (tertiary/aromatic N) is 2. The van der Waals surface area contributed by atoms with Crippen LogP contribution in [0.4, 0.5) is 0 Å². The van der Waals surface area contributed by atoms with Gasteiger partial charge in [0.05, 0.1) is 12.5 Å². The van der Waals surface area contributed by atoms with Gasteiger partial charge < -0.3 is 4.90 Å². The number of rotatable bonds is 6. The van der Waals surface area contributed by atoms with Crippen molar-refractivity contribution in [2.75, 3.05) is 19.3 Å². The summed E-state index contributed by atoms with van der Waals surface area (Å²) in [4.78, 5) is 13.2. The Morgan fingerprint density at radius 3 is 2.74 bits per heavy atom. The van der Waals surface area contributed by atoms with Crippen molar-refractivity contribution in [2.45, 2.75) is 19.1 Å². The summed E-state index contributed by atoms with van der Waals surface area (Å²) in [6, 6.07) is 9.71. The molecule has 0 aliphatic carbocycles. The summed E-state index contributed by atoms with van der Waals surface area (Å²) in [5.41, 5.74) is 2.09. The molecule has 0 saturated heterocycles. The summed E-state index contributed by atoms with van der Waals surface area (Å²) in [6.45, 7) is 2.35. The van der Waals surface area contributed by atoms with Crippen molar-refractivity contribution in [3.05, 3.63) is 35.4 Å². The van der Waals surface area contributed by atoms with Gasteiger partial charge >= 0.3 is 0 Å². The lowest BCUT2D eigenvalue weighted by molar-refractivity contribution is -0.127. The number of carbonyl (C=O) groups excluding carboxylic acids is 1. The molecule has 0 saturated carbocycles. The van der Waals surface area contributed by atoms with E-state index in [4.69, 9.17) is 5.26 Å². The second-order valence-corrected chi connectivity index (χ2v) is 5.84. The van der Waals surface area contributed by atoms with Gasteiger partial charge in [0.25, 0.3) is 0 Å². The Morgan fingerprint density at radius 2 is 2.11 bits per heavy atom. The fourth-order valence-electron chi connectivity index (χ4n) is 1.59. The van der Waals surface area contributed by atoms with Crippen LogP contribution in [0.1, 0.15) is 17.5 Å². The van der Waals surface area contributed by atoms with Crippen molar-refractivity contribution in [1.29, 1.82) is 5.26 Å². The topological polar surface area (TPSA) is 61.2 Å². The van der Waals surface area contributed by atoms with Crippen LogP contribution in [0.2, 0.25) is 0 Å². The first-order chi connectivity index (χ1) is 9.04. The highest BCUT2D eigenvalue weighted by molar-refractivity contribution is 7.84. The minimum atomic E-state index is -1.21. The molecule has 1 amide bonds. The van der Waals surface area contributed by atoms with Crippen molar-refractivity contribution in [3.63, 3.8) is 0 Å². The molecule has 1 atom stereocenters. The van der Waals surface area contributed by atoms with Gasteiger partial charge in [-0.25, -0.2) is 0 Å². The minimum absolute atomic E-state index is 0.0102. The Morgan fingerprint density at radius 1 is 1.42 bits per heavy atom. The number of amides is 1. The first kappa shape index (κ1) is 15.4. The number of aryl methyl sites for hydroxylation is 1. The molecule has 0 fully saturated rings. The lowest BCUT2D eigenvalue weighted by Crippen LogP contribution is -2.31. The highest BCUT2D eigenvalue weighted by Crippen LogP contribution is 2.10. The molecule has 0 bridgehead atoms. The van der Waals surface area contributed by atoms with Gasteiger partial charge in [0, 0.05) is 30.1 Å². The first-order valence-electron chi connectivity index (χ1n) is 6.05. The molecule has 0 spiro atoms. The van der Waals surface area contributed by atoms with E-state index < -0.39 is 10.8 Å². The van der Waals surface area contributed by atoms with E-state index in [1.54, 1.807) is 7.05 Å². The second-order valence-electron chi connectivity index (χ2n) is 4.38. The maximum absolute atomic E-state index is 12.0. The molecule has 1 aromatic carbocycles. The van der Waals surface area contributed by atoms with Crippen LogP contribution in [-0.2, 0) is 21.3 Å². The predicted molar refractivity (Wildman–Crippen MR) is 75.8 cm³/mol. The van der Waals surface area contributed by atoms with E-state index in [0.29, 0.717) is 18.7 Å². The average molecular weight is 278 g/mol. The van der Waals surface area contributed by atoms with Gasteiger partial charge in [0.15, 0.2) is 0 Å². The predicted octanol–water partition coefficient (Wildman–Crippen LogP) is 1.62. The Kier molecular flexibility index (Phi) is 6.23. The largest absolute Gasteiger partial charge is 0.344 e. The number of benzene rings is 1. The third-order valence-corrected chi connectivity index (χ3v) is 4.05. The maximum atomic E-state index is 12.0. The Bertz CT molecular complexity index is 508. The number of hydrogen-bond donors (Lipinski definition) is 0. The van der Waals surface area contributed by atoms with Gasteiger partial charge in [0.2, 0.25) is 5.91 Å². The van der Waals surface area contributed by atoms with Crippen molar-refractivity contribution in [2.24, 2.45) is 0 Å². The van der Waals surface area contributed by atoms with Crippen LogP contribution in [0.3, 0.4) is 0 Å². The monoisotopic (exact) mass is 278 g/mol. The summed E-state index contributed by atoms with van der Waals surface area (Å²) in [5, 5.41) is 8.46. The molecule has 1 aromatic rings. The zero-order valence-corrected chi connectivity index (χ0v) is 12.1. The van der Waals surface area contributed by atoms with E-state index in [2.05, 4.69) is 0 Å². The zero-order valence-electron chi connectivity index (χ0n) is 11.3. The van der Waals surface area contributed by atoms with E-state index in [-0.39, 0.29) is 11.7 Å². The third-order valence-electron chi connectivity index (χ3n) is 2.85. The molecule has 0 N–H and O–H groups in total. The normalized spacial score (nSPS) is 11.6. The SMILES string of the molecule is Cc1ccccc1CS(=O)CC(=O)N(C)CCC#N. The summed E-state index contributed by atoms with van der Waals surface area (Å²) in [6.07, 6.45) is 0.298. The highest BCUT2D eigenvalue weighted by atomic mass is 32.2. The Hall–Kier alpha value is -1.67. The van der Waals surface area contributed by atoms with Crippen molar-refractivity contribution in [3.8, 4) is 6.07 Å². The number of hydrogen-bond acceptors (Lipinski definition) is 3. The Balaban J connectivity index is 2.50. The molecular formula is C14H18N2O2S. The molecule has 0 radical (unpaired) electrons. The van der Waals surface area contributed by atoms with Crippen molar-refractivity contribution < 1.29 is 9.00 Å². The molecular weight excluding hydrogens is 260 g/mol. The standard InChI is InChI=1S/C14H18N2O2S/c1-12-6-3-4-7-13(12)10-19(18)11-14(17)16(2)9-5-8-15/h3-4,6-7H,5,9-11H2,1-2H3. The molecule has 0 aliphatic heterocycles. The fourth-order valence-corrected chi connectivity index (χ4v) is 2.86. The van der Waals surface area contributed by atoms with Crippen LogP contribution in [0.15, 0.2) is 24.3 Å². The summed E-state index contributed by atoms with van der Waals surface area (Å²) < 4.78 is 12.0. The van der Waals surface area contributed by atoms with Crippen LogP contribution in [0.5, 0.6) is 0 Å². The lowest BCUT2D eigenvalue weighted by atomic mass is 10.1. The molecule has 5 heteroatoms.